The first-order valence-electron chi connectivity index (χ1n) is 9.54. The number of rotatable bonds is 5. The second kappa shape index (κ2) is 9.02. The summed E-state index contributed by atoms with van der Waals surface area (Å²) in [6.45, 7) is 0.188. The van der Waals surface area contributed by atoms with Gasteiger partial charge in [-0.05, 0) is 53.6 Å². The fraction of sp³-hybridized carbons (Fsp3) is 0.0833. The number of nitrogens with one attached hydrogen (secondary N) is 1. The average molecular weight is 437 g/mol. The number of carbonyl (C=O) groups excluding carboxylic acids is 2. The van der Waals surface area contributed by atoms with Crippen LogP contribution in [0.3, 0.4) is 0 Å². The van der Waals surface area contributed by atoms with Crippen molar-refractivity contribution in [3.8, 4) is 5.75 Å². The van der Waals surface area contributed by atoms with E-state index in [2.05, 4.69) is 5.32 Å². The summed E-state index contributed by atoms with van der Waals surface area (Å²) >= 11 is 5.86. The molecule has 0 atom stereocenters. The van der Waals surface area contributed by atoms with Crippen LogP contribution in [0.1, 0.15) is 11.1 Å². The molecule has 1 N–H and O–H groups in total. The van der Waals surface area contributed by atoms with Gasteiger partial charge in [0.1, 0.15) is 11.6 Å². The first kappa shape index (κ1) is 20.6. The Labute approximate surface area is 183 Å². The molecule has 0 saturated carbocycles. The molecule has 3 aromatic rings. The van der Waals surface area contributed by atoms with Crippen LogP contribution in [0.15, 0.2) is 72.8 Å². The Morgan fingerprint density at radius 1 is 1.10 bits per heavy atom. The highest BCUT2D eigenvalue weighted by Gasteiger charge is 2.26. The SMILES string of the molecule is O=C(/C=C/c1ccc(Cl)cc1)Nc1ccc2c(c1)OCC(=O)N2Cc1ccc(F)cc1. The highest BCUT2D eigenvalue weighted by molar-refractivity contribution is 6.30. The number of halogens is 2. The smallest absolute Gasteiger partial charge is 0.265 e. The summed E-state index contributed by atoms with van der Waals surface area (Å²) in [5, 5.41) is 3.41. The van der Waals surface area contributed by atoms with Crippen molar-refractivity contribution in [2.75, 3.05) is 16.8 Å². The molecule has 1 aliphatic rings. The zero-order valence-corrected chi connectivity index (χ0v) is 17.1. The molecule has 4 rings (SSSR count). The normalized spacial score (nSPS) is 13.1. The van der Waals surface area contributed by atoms with Gasteiger partial charge in [-0.15, -0.1) is 0 Å². The van der Waals surface area contributed by atoms with E-state index in [0.29, 0.717) is 28.7 Å². The molecule has 0 unspecified atom stereocenters. The van der Waals surface area contributed by atoms with Crippen LogP contribution in [0.4, 0.5) is 15.8 Å². The van der Waals surface area contributed by atoms with E-state index in [1.165, 1.54) is 18.2 Å². The van der Waals surface area contributed by atoms with Crippen molar-refractivity contribution in [1.82, 2.24) is 0 Å². The van der Waals surface area contributed by atoms with E-state index in [0.717, 1.165) is 11.1 Å². The van der Waals surface area contributed by atoms with Gasteiger partial charge in [-0.2, -0.15) is 0 Å². The molecule has 0 fully saturated rings. The fourth-order valence-corrected chi connectivity index (χ4v) is 3.28. The molecule has 2 amide bonds. The predicted octanol–water partition coefficient (Wildman–Crippen LogP) is 5.06. The van der Waals surface area contributed by atoms with Crippen molar-refractivity contribution in [3.63, 3.8) is 0 Å². The van der Waals surface area contributed by atoms with E-state index >= 15 is 0 Å². The maximum absolute atomic E-state index is 13.2. The molecule has 7 heteroatoms. The van der Waals surface area contributed by atoms with Gasteiger partial charge in [0.05, 0.1) is 12.2 Å². The number of carbonyl (C=O) groups is 2. The molecule has 5 nitrogen and oxygen atoms in total. The van der Waals surface area contributed by atoms with Crippen LogP contribution in [-0.2, 0) is 16.1 Å². The van der Waals surface area contributed by atoms with E-state index in [1.807, 2.05) is 12.1 Å². The summed E-state index contributed by atoms with van der Waals surface area (Å²) in [5.74, 6) is -0.339. The molecule has 31 heavy (non-hydrogen) atoms. The van der Waals surface area contributed by atoms with Crippen LogP contribution in [0, 0.1) is 5.82 Å². The summed E-state index contributed by atoms with van der Waals surface area (Å²) in [4.78, 5) is 26.2. The van der Waals surface area contributed by atoms with Gasteiger partial charge in [0.15, 0.2) is 6.61 Å². The van der Waals surface area contributed by atoms with Gasteiger partial charge in [-0.25, -0.2) is 4.39 Å². The Kier molecular flexibility index (Phi) is 6.00. The summed E-state index contributed by atoms with van der Waals surface area (Å²) in [7, 11) is 0. The Morgan fingerprint density at radius 3 is 2.58 bits per heavy atom. The second-order valence-corrected chi connectivity index (χ2v) is 7.39. The van der Waals surface area contributed by atoms with Crippen LogP contribution in [0.2, 0.25) is 5.02 Å². The molecule has 0 spiro atoms. The predicted molar refractivity (Wildman–Crippen MR) is 119 cm³/mol. The van der Waals surface area contributed by atoms with E-state index in [9.17, 15) is 14.0 Å². The van der Waals surface area contributed by atoms with Crippen molar-refractivity contribution in [2.24, 2.45) is 0 Å². The van der Waals surface area contributed by atoms with Gasteiger partial charge in [0.25, 0.3) is 5.91 Å². The number of ether oxygens (including phenoxy) is 1. The van der Waals surface area contributed by atoms with Crippen molar-refractivity contribution in [1.29, 1.82) is 0 Å². The molecule has 0 bridgehead atoms. The minimum absolute atomic E-state index is 0.109. The number of benzene rings is 3. The summed E-state index contributed by atoms with van der Waals surface area (Å²) in [6.07, 6.45) is 3.11. The van der Waals surface area contributed by atoms with Gasteiger partial charge in [-0.1, -0.05) is 35.9 Å². The second-order valence-electron chi connectivity index (χ2n) is 6.95. The van der Waals surface area contributed by atoms with Crippen molar-refractivity contribution < 1.29 is 18.7 Å². The number of anilines is 2. The fourth-order valence-electron chi connectivity index (χ4n) is 3.16. The summed E-state index contributed by atoms with van der Waals surface area (Å²) in [6, 6.07) is 18.2. The molecular formula is C24H18ClFN2O3. The van der Waals surface area contributed by atoms with E-state index in [-0.39, 0.29) is 24.2 Å². The van der Waals surface area contributed by atoms with Crippen LogP contribution in [0.25, 0.3) is 6.08 Å². The zero-order valence-electron chi connectivity index (χ0n) is 16.3. The molecule has 0 aliphatic carbocycles. The number of hydrogen-bond donors (Lipinski definition) is 1. The number of fused-ring (bicyclic) bond motifs is 1. The molecule has 0 aromatic heterocycles. The lowest BCUT2D eigenvalue weighted by atomic mass is 10.1. The Morgan fingerprint density at radius 2 is 1.84 bits per heavy atom. The lowest BCUT2D eigenvalue weighted by molar-refractivity contribution is -0.121. The summed E-state index contributed by atoms with van der Waals surface area (Å²) in [5.41, 5.74) is 2.78. The standard InChI is InChI=1S/C24H18ClFN2O3/c25-18-6-1-16(2-7-18)5-12-23(29)27-20-10-11-21-22(13-20)31-15-24(30)28(21)14-17-3-8-19(26)9-4-17/h1-13H,14-15H2,(H,27,29)/b12-5+. The molecule has 1 aliphatic heterocycles. The molecule has 3 aromatic carbocycles. The highest BCUT2D eigenvalue weighted by Crippen LogP contribution is 2.35. The Balaban J connectivity index is 1.47. The first-order chi connectivity index (χ1) is 15.0. The average Bonchev–Trinajstić information content (AvgIpc) is 2.77. The summed E-state index contributed by atoms with van der Waals surface area (Å²) < 4.78 is 18.7. The molecular weight excluding hydrogens is 419 g/mol. The van der Waals surface area contributed by atoms with Crippen molar-refractivity contribution in [2.45, 2.75) is 6.54 Å². The lowest BCUT2D eigenvalue weighted by Gasteiger charge is -2.29. The molecule has 0 radical (unpaired) electrons. The molecule has 156 valence electrons. The van der Waals surface area contributed by atoms with Crippen LogP contribution >= 0.6 is 11.6 Å². The quantitative estimate of drug-likeness (QED) is 0.569. The third-order valence-electron chi connectivity index (χ3n) is 4.72. The lowest BCUT2D eigenvalue weighted by Crippen LogP contribution is -2.38. The first-order valence-corrected chi connectivity index (χ1v) is 9.92. The largest absolute Gasteiger partial charge is 0.481 e. The van der Waals surface area contributed by atoms with Gasteiger partial charge >= 0.3 is 0 Å². The van der Waals surface area contributed by atoms with Gasteiger partial charge in [0.2, 0.25) is 5.91 Å². The maximum atomic E-state index is 13.2. The number of nitrogens with zero attached hydrogens (tertiary/aromatic N) is 1. The Bertz CT molecular complexity index is 1140. The maximum Gasteiger partial charge on any atom is 0.265 e. The van der Waals surface area contributed by atoms with Gasteiger partial charge < -0.3 is 15.0 Å². The van der Waals surface area contributed by atoms with Crippen LogP contribution in [-0.4, -0.2) is 18.4 Å². The van der Waals surface area contributed by atoms with Crippen molar-refractivity contribution in [3.05, 3.63) is 94.8 Å². The minimum atomic E-state index is -0.331. The van der Waals surface area contributed by atoms with Crippen molar-refractivity contribution >= 4 is 40.9 Å². The van der Waals surface area contributed by atoms with Crippen LogP contribution in [0.5, 0.6) is 5.75 Å². The number of amides is 2. The van der Waals surface area contributed by atoms with E-state index < -0.39 is 0 Å². The monoisotopic (exact) mass is 436 g/mol. The third-order valence-corrected chi connectivity index (χ3v) is 4.97. The Hall–Kier alpha value is -3.64. The molecule has 0 saturated heterocycles. The van der Waals surface area contributed by atoms with Gasteiger partial charge in [-0.3, -0.25) is 9.59 Å². The number of hydrogen-bond acceptors (Lipinski definition) is 3. The van der Waals surface area contributed by atoms with Gasteiger partial charge in [0, 0.05) is 22.9 Å². The third kappa shape index (κ3) is 5.10. The zero-order chi connectivity index (χ0) is 21.8. The van der Waals surface area contributed by atoms with E-state index in [4.69, 9.17) is 16.3 Å². The van der Waals surface area contributed by atoms with Crippen LogP contribution < -0.4 is 15.0 Å². The molecule has 1 heterocycles. The topological polar surface area (TPSA) is 58.6 Å². The highest BCUT2D eigenvalue weighted by atomic mass is 35.5. The van der Waals surface area contributed by atoms with E-state index in [1.54, 1.807) is 53.4 Å². The minimum Gasteiger partial charge on any atom is -0.481 e.